The Labute approximate surface area is 149 Å². The average molecular weight is 358 g/mol. The van der Waals surface area contributed by atoms with E-state index < -0.39 is 0 Å². The maximum absolute atomic E-state index is 11.6. The number of anilines is 1. The van der Waals surface area contributed by atoms with Gasteiger partial charge in [0.05, 0.1) is 6.54 Å². The van der Waals surface area contributed by atoms with Crippen LogP contribution in [-0.4, -0.2) is 28.0 Å². The highest BCUT2D eigenvalue weighted by Crippen LogP contribution is 2.28. The molecule has 1 aromatic heterocycles. The number of nitrogens with one attached hydrogen (secondary N) is 1. The SMILES string of the molecule is CNc1nc(Oc2cccc(O)c2)n(Cc2cccc(Cl)c2)c1C=O. The highest BCUT2D eigenvalue weighted by molar-refractivity contribution is 6.30. The fourth-order valence-corrected chi connectivity index (χ4v) is 2.66. The molecule has 0 aliphatic heterocycles. The first-order chi connectivity index (χ1) is 12.1. The van der Waals surface area contributed by atoms with Crippen LogP contribution in [0.4, 0.5) is 5.82 Å². The molecule has 2 N–H and O–H groups in total. The van der Waals surface area contributed by atoms with Crippen molar-refractivity contribution in [2.24, 2.45) is 0 Å². The smallest absolute Gasteiger partial charge is 0.304 e. The van der Waals surface area contributed by atoms with Gasteiger partial charge >= 0.3 is 6.01 Å². The van der Waals surface area contributed by atoms with Crippen LogP contribution in [-0.2, 0) is 6.54 Å². The molecule has 0 bridgehead atoms. The molecule has 0 aliphatic rings. The van der Waals surface area contributed by atoms with Crippen molar-refractivity contribution in [3.63, 3.8) is 0 Å². The Morgan fingerprint density at radius 3 is 2.76 bits per heavy atom. The molecule has 0 saturated heterocycles. The van der Waals surface area contributed by atoms with E-state index in [2.05, 4.69) is 10.3 Å². The van der Waals surface area contributed by atoms with E-state index in [0.29, 0.717) is 28.8 Å². The summed E-state index contributed by atoms with van der Waals surface area (Å²) in [6, 6.07) is 13.9. The molecule has 3 rings (SSSR count). The van der Waals surface area contributed by atoms with Crippen molar-refractivity contribution >= 4 is 23.7 Å². The summed E-state index contributed by atoms with van der Waals surface area (Å²) < 4.78 is 7.43. The number of phenolic OH excluding ortho intramolecular Hbond substituents is 1. The lowest BCUT2D eigenvalue weighted by atomic mass is 10.2. The largest absolute Gasteiger partial charge is 0.508 e. The number of ether oxygens (including phenoxy) is 1. The van der Waals surface area contributed by atoms with Gasteiger partial charge in [-0.25, -0.2) is 0 Å². The standard InChI is InChI=1S/C18H16ClN3O3/c1-20-17-16(11-23)22(10-12-4-2-5-13(19)8-12)18(21-17)25-15-7-3-6-14(24)9-15/h2-9,11,20,24H,10H2,1H3. The van der Waals surface area contributed by atoms with Crippen LogP contribution >= 0.6 is 11.6 Å². The molecule has 3 aromatic rings. The van der Waals surface area contributed by atoms with Crippen LogP contribution in [0.25, 0.3) is 0 Å². The second kappa shape index (κ2) is 7.27. The van der Waals surface area contributed by atoms with Crippen LogP contribution in [0, 0.1) is 0 Å². The van der Waals surface area contributed by atoms with Gasteiger partial charge in [-0.15, -0.1) is 0 Å². The van der Waals surface area contributed by atoms with Crippen LogP contribution in [0.5, 0.6) is 17.5 Å². The number of aromatic nitrogens is 2. The predicted octanol–water partition coefficient (Wildman–Crippen LogP) is 3.94. The lowest BCUT2D eigenvalue weighted by molar-refractivity contribution is 0.111. The Hall–Kier alpha value is -2.99. The van der Waals surface area contributed by atoms with Gasteiger partial charge in [0.2, 0.25) is 0 Å². The number of halogens is 1. The van der Waals surface area contributed by atoms with Crippen LogP contribution in [0.15, 0.2) is 48.5 Å². The van der Waals surface area contributed by atoms with E-state index in [4.69, 9.17) is 16.3 Å². The summed E-state index contributed by atoms with van der Waals surface area (Å²) in [6.07, 6.45) is 0.721. The highest BCUT2D eigenvalue weighted by Gasteiger charge is 2.18. The van der Waals surface area contributed by atoms with Crippen molar-refractivity contribution < 1.29 is 14.6 Å². The molecule has 0 saturated carbocycles. The van der Waals surface area contributed by atoms with Crippen molar-refractivity contribution in [2.75, 3.05) is 12.4 Å². The quantitative estimate of drug-likeness (QED) is 0.653. The summed E-state index contributed by atoms with van der Waals surface area (Å²) in [4.78, 5) is 15.9. The van der Waals surface area contributed by atoms with E-state index in [1.165, 1.54) is 6.07 Å². The summed E-state index contributed by atoms with van der Waals surface area (Å²) in [6.45, 7) is 0.359. The summed E-state index contributed by atoms with van der Waals surface area (Å²) in [5.41, 5.74) is 1.26. The molecule has 0 spiro atoms. The van der Waals surface area contributed by atoms with Gasteiger partial charge in [-0.2, -0.15) is 4.98 Å². The highest BCUT2D eigenvalue weighted by atomic mass is 35.5. The minimum Gasteiger partial charge on any atom is -0.508 e. The number of hydrogen-bond donors (Lipinski definition) is 2. The maximum Gasteiger partial charge on any atom is 0.304 e. The monoisotopic (exact) mass is 357 g/mol. The number of carbonyl (C=O) groups excluding carboxylic acids is 1. The Morgan fingerprint density at radius 2 is 2.08 bits per heavy atom. The number of phenols is 1. The molecule has 0 atom stereocenters. The van der Waals surface area contributed by atoms with Gasteiger partial charge in [0.1, 0.15) is 17.2 Å². The van der Waals surface area contributed by atoms with E-state index in [1.807, 2.05) is 18.2 Å². The zero-order valence-corrected chi connectivity index (χ0v) is 14.2. The molecular weight excluding hydrogens is 342 g/mol. The fourth-order valence-electron chi connectivity index (χ4n) is 2.45. The number of rotatable bonds is 6. The van der Waals surface area contributed by atoms with Crippen molar-refractivity contribution in [1.82, 2.24) is 9.55 Å². The Balaban J connectivity index is 2.02. The normalized spacial score (nSPS) is 10.5. The topological polar surface area (TPSA) is 76.4 Å². The van der Waals surface area contributed by atoms with Gasteiger partial charge in [0.15, 0.2) is 12.1 Å². The summed E-state index contributed by atoms with van der Waals surface area (Å²) >= 11 is 6.04. The molecule has 0 fully saturated rings. The zero-order chi connectivity index (χ0) is 17.8. The van der Waals surface area contributed by atoms with Gasteiger partial charge in [0.25, 0.3) is 0 Å². The van der Waals surface area contributed by atoms with Crippen LogP contribution in [0.1, 0.15) is 16.1 Å². The minimum absolute atomic E-state index is 0.0786. The van der Waals surface area contributed by atoms with Crippen molar-refractivity contribution in [3.05, 3.63) is 64.8 Å². The molecule has 7 heteroatoms. The maximum atomic E-state index is 11.6. The van der Waals surface area contributed by atoms with Gasteiger partial charge in [-0.3, -0.25) is 9.36 Å². The zero-order valence-electron chi connectivity index (χ0n) is 13.4. The number of hydrogen-bond acceptors (Lipinski definition) is 5. The third-order valence-corrected chi connectivity index (χ3v) is 3.81. The second-order valence-corrected chi connectivity index (χ2v) is 5.75. The van der Waals surface area contributed by atoms with Crippen molar-refractivity contribution in [2.45, 2.75) is 6.54 Å². The molecule has 6 nitrogen and oxygen atoms in total. The number of imidazole rings is 1. The Bertz CT molecular complexity index is 908. The fraction of sp³-hybridized carbons (Fsp3) is 0.111. The molecule has 0 radical (unpaired) electrons. The van der Waals surface area contributed by atoms with E-state index >= 15 is 0 Å². The first-order valence-electron chi connectivity index (χ1n) is 7.55. The average Bonchev–Trinajstić information content (AvgIpc) is 2.91. The molecule has 0 unspecified atom stereocenters. The first-order valence-corrected chi connectivity index (χ1v) is 7.93. The summed E-state index contributed by atoms with van der Waals surface area (Å²) in [5.74, 6) is 0.902. The summed E-state index contributed by atoms with van der Waals surface area (Å²) in [5, 5.41) is 13.1. The van der Waals surface area contributed by atoms with Crippen LogP contribution in [0.2, 0.25) is 5.02 Å². The van der Waals surface area contributed by atoms with Gasteiger partial charge < -0.3 is 15.2 Å². The van der Waals surface area contributed by atoms with Crippen LogP contribution in [0.3, 0.4) is 0 Å². The van der Waals surface area contributed by atoms with Crippen LogP contribution < -0.4 is 10.1 Å². The van der Waals surface area contributed by atoms with Crippen molar-refractivity contribution in [1.29, 1.82) is 0 Å². The molecule has 2 aromatic carbocycles. The lowest BCUT2D eigenvalue weighted by Crippen LogP contribution is -2.07. The molecule has 0 amide bonds. The van der Waals surface area contributed by atoms with Gasteiger partial charge in [0, 0.05) is 18.1 Å². The molecule has 25 heavy (non-hydrogen) atoms. The van der Waals surface area contributed by atoms with Crippen molar-refractivity contribution in [3.8, 4) is 17.5 Å². The molecule has 0 aliphatic carbocycles. The Morgan fingerprint density at radius 1 is 1.28 bits per heavy atom. The van der Waals surface area contributed by atoms with Gasteiger partial charge in [-0.1, -0.05) is 29.8 Å². The third-order valence-electron chi connectivity index (χ3n) is 3.58. The number of nitrogens with zero attached hydrogens (tertiary/aromatic N) is 2. The summed E-state index contributed by atoms with van der Waals surface area (Å²) in [7, 11) is 1.68. The lowest BCUT2D eigenvalue weighted by Gasteiger charge is -2.10. The number of benzene rings is 2. The van der Waals surface area contributed by atoms with E-state index in [0.717, 1.165) is 11.8 Å². The third kappa shape index (κ3) is 3.75. The molecule has 1 heterocycles. The number of aldehydes is 1. The number of carbonyl (C=O) groups is 1. The molecular formula is C18H16ClN3O3. The van der Waals surface area contributed by atoms with E-state index in [-0.39, 0.29) is 11.8 Å². The molecule has 128 valence electrons. The Kier molecular flexibility index (Phi) is 4.90. The minimum atomic E-state index is 0.0786. The second-order valence-electron chi connectivity index (χ2n) is 5.31. The van der Waals surface area contributed by atoms with E-state index in [1.54, 1.807) is 35.9 Å². The number of aromatic hydroxyl groups is 1. The van der Waals surface area contributed by atoms with Gasteiger partial charge in [-0.05, 0) is 29.8 Å². The van der Waals surface area contributed by atoms with E-state index in [9.17, 15) is 9.90 Å². The predicted molar refractivity (Wildman–Crippen MR) is 95.9 cm³/mol. The first kappa shape index (κ1) is 16.9.